The third kappa shape index (κ3) is 3.44. The zero-order valence-corrected chi connectivity index (χ0v) is 12.8. The van der Waals surface area contributed by atoms with Crippen LogP contribution in [0.15, 0.2) is 4.52 Å². The van der Waals surface area contributed by atoms with Gasteiger partial charge in [0.25, 0.3) is 0 Å². The lowest BCUT2D eigenvalue weighted by atomic mass is 9.85. The molecule has 1 aromatic rings. The number of nitrogens with zero attached hydrogens (tertiary/aromatic N) is 3. The molecule has 1 N–H and O–H groups in total. The molecule has 2 fully saturated rings. The van der Waals surface area contributed by atoms with Crippen LogP contribution in [0.1, 0.15) is 43.3 Å². The van der Waals surface area contributed by atoms with Crippen molar-refractivity contribution in [3.63, 3.8) is 0 Å². The fraction of sp³-hybridized carbons (Fsp3) is 0.846. The minimum atomic E-state index is -3.00. The number of aliphatic hydroxyl groups is 1. The smallest absolute Gasteiger partial charge is 0.229 e. The third-order valence-corrected chi connectivity index (χ3v) is 6.09. The van der Waals surface area contributed by atoms with Crippen LogP contribution >= 0.6 is 0 Å². The summed E-state index contributed by atoms with van der Waals surface area (Å²) in [6, 6.07) is -0.167. The summed E-state index contributed by atoms with van der Waals surface area (Å²) in [5.41, 5.74) is 0. The number of rotatable bonds is 5. The maximum atomic E-state index is 11.7. The van der Waals surface area contributed by atoms with Gasteiger partial charge in [0.15, 0.2) is 15.7 Å². The first-order valence-corrected chi connectivity index (χ1v) is 9.27. The van der Waals surface area contributed by atoms with Gasteiger partial charge in [-0.15, -0.1) is 0 Å². The molecule has 0 amide bonds. The second-order valence-corrected chi connectivity index (χ2v) is 8.16. The predicted molar refractivity (Wildman–Crippen MR) is 75.4 cm³/mol. The fourth-order valence-electron chi connectivity index (χ4n) is 2.88. The van der Waals surface area contributed by atoms with Crippen LogP contribution in [-0.4, -0.2) is 59.3 Å². The van der Waals surface area contributed by atoms with Crippen molar-refractivity contribution in [2.24, 2.45) is 0 Å². The van der Waals surface area contributed by atoms with Gasteiger partial charge in [0, 0.05) is 25.1 Å². The SMILES string of the molecule is O=S1(=O)CCN(Cc2noc(C3CCC3)n2)C(CCO)C1. The van der Waals surface area contributed by atoms with Gasteiger partial charge in [-0.2, -0.15) is 4.98 Å². The Balaban J connectivity index is 1.66. The maximum Gasteiger partial charge on any atom is 0.229 e. The van der Waals surface area contributed by atoms with Gasteiger partial charge in [-0.05, 0) is 19.3 Å². The van der Waals surface area contributed by atoms with Gasteiger partial charge in [-0.3, -0.25) is 4.90 Å². The van der Waals surface area contributed by atoms with Crippen LogP contribution in [0.25, 0.3) is 0 Å². The molecular weight excluding hydrogens is 294 g/mol. The van der Waals surface area contributed by atoms with Gasteiger partial charge < -0.3 is 9.63 Å². The summed E-state index contributed by atoms with van der Waals surface area (Å²) >= 11 is 0. The Morgan fingerprint density at radius 3 is 2.86 bits per heavy atom. The Morgan fingerprint density at radius 1 is 1.38 bits per heavy atom. The van der Waals surface area contributed by atoms with Crippen LogP contribution in [0.2, 0.25) is 0 Å². The first-order valence-electron chi connectivity index (χ1n) is 7.45. The number of sulfone groups is 1. The van der Waals surface area contributed by atoms with Crippen molar-refractivity contribution in [2.45, 2.75) is 44.2 Å². The van der Waals surface area contributed by atoms with Crippen molar-refractivity contribution in [3.05, 3.63) is 11.7 Å². The minimum absolute atomic E-state index is 0.0176. The fourth-order valence-corrected chi connectivity index (χ4v) is 4.52. The highest BCUT2D eigenvalue weighted by molar-refractivity contribution is 7.91. The zero-order chi connectivity index (χ0) is 14.9. The molecular formula is C13H21N3O4S. The molecule has 0 radical (unpaired) electrons. The lowest BCUT2D eigenvalue weighted by molar-refractivity contribution is 0.159. The summed E-state index contributed by atoms with van der Waals surface area (Å²) in [7, 11) is -3.00. The molecule has 2 aliphatic rings. The van der Waals surface area contributed by atoms with Crippen molar-refractivity contribution in [2.75, 3.05) is 24.7 Å². The van der Waals surface area contributed by atoms with Crippen LogP contribution < -0.4 is 0 Å². The highest BCUT2D eigenvalue weighted by atomic mass is 32.2. The van der Waals surface area contributed by atoms with E-state index in [4.69, 9.17) is 9.63 Å². The maximum absolute atomic E-state index is 11.7. The van der Waals surface area contributed by atoms with Gasteiger partial charge in [0.1, 0.15) is 0 Å². The van der Waals surface area contributed by atoms with E-state index < -0.39 is 9.84 Å². The molecule has 1 saturated heterocycles. The van der Waals surface area contributed by atoms with Gasteiger partial charge >= 0.3 is 0 Å². The van der Waals surface area contributed by atoms with Gasteiger partial charge in [0.05, 0.1) is 18.1 Å². The molecule has 1 saturated carbocycles. The summed E-state index contributed by atoms with van der Waals surface area (Å²) in [6.45, 7) is 0.924. The lowest BCUT2D eigenvalue weighted by Gasteiger charge is -2.34. The van der Waals surface area contributed by atoms with Crippen LogP contribution in [0.3, 0.4) is 0 Å². The van der Waals surface area contributed by atoms with Crippen molar-refractivity contribution >= 4 is 9.84 Å². The molecule has 7 nitrogen and oxygen atoms in total. The highest BCUT2D eigenvalue weighted by Crippen LogP contribution is 2.35. The minimum Gasteiger partial charge on any atom is -0.396 e. The van der Waals surface area contributed by atoms with Crippen LogP contribution in [0.5, 0.6) is 0 Å². The van der Waals surface area contributed by atoms with Crippen LogP contribution in [-0.2, 0) is 16.4 Å². The molecule has 8 heteroatoms. The number of hydrogen-bond donors (Lipinski definition) is 1. The molecule has 1 atom stereocenters. The summed E-state index contributed by atoms with van der Waals surface area (Å²) in [4.78, 5) is 6.46. The normalized spacial score (nSPS) is 26.6. The zero-order valence-electron chi connectivity index (χ0n) is 11.9. The topological polar surface area (TPSA) is 96.5 Å². The molecule has 0 spiro atoms. The van der Waals surface area contributed by atoms with E-state index in [0.717, 1.165) is 12.8 Å². The van der Waals surface area contributed by atoms with E-state index in [1.807, 2.05) is 4.90 Å². The van der Waals surface area contributed by atoms with Gasteiger partial charge in [-0.1, -0.05) is 11.6 Å². The van der Waals surface area contributed by atoms with Crippen molar-refractivity contribution in [1.29, 1.82) is 0 Å². The van der Waals surface area contributed by atoms with Crippen molar-refractivity contribution < 1.29 is 18.0 Å². The molecule has 0 aromatic carbocycles. The van der Waals surface area contributed by atoms with E-state index >= 15 is 0 Å². The number of aliphatic hydroxyl groups excluding tert-OH is 1. The van der Waals surface area contributed by atoms with E-state index in [1.54, 1.807) is 0 Å². The van der Waals surface area contributed by atoms with Gasteiger partial charge in [0.2, 0.25) is 5.89 Å². The summed E-state index contributed by atoms with van der Waals surface area (Å²) in [6.07, 6.45) is 3.88. The molecule has 3 rings (SSSR count). The molecule has 0 bridgehead atoms. The van der Waals surface area contributed by atoms with Crippen molar-refractivity contribution in [1.82, 2.24) is 15.0 Å². The average Bonchev–Trinajstić information content (AvgIpc) is 2.79. The molecule has 118 valence electrons. The van der Waals surface area contributed by atoms with Gasteiger partial charge in [-0.25, -0.2) is 8.42 Å². The first kappa shape index (κ1) is 14.9. The predicted octanol–water partition coefficient (Wildman–Crippen LogP) is 0.318. The molecule has 2 heterocycles. The molecule has 1 aliphatic heterocycles. The van der Waals surface area contributed by atoms with E-state index in [1.165, 1.54) is 6.42 Å². The monoisotopic (exact) mass is 315 g/mol. The Hall–Kier alpha value is -0.990. The summed E-state index contributed by atoms with van der Waals surface area (Å²) in [5, 5.41) is 13.1. The van der Waals surface area contributed by atoms with E-state index in [2.05, 4.69) is 10.1 Å². The standard InChI is InChI=1S/C13H21N3O4S/c17-6-4-11-9-21(18,19)7-5-16(11)8-12-14-13(20-15-12)10-2-1-3-10/h10-11,17H,1-9H2. The Bertz CT molecular complexity index is 582. The molecule has 1 aliphatic carbocycles. The quantitative estimate of drug-likeness (QED) is 0.835. The van der Waals surface area contributed by atoms with Crippen LogP contribution in [0.4, 0.5) is 0 Å². The summed E-state index contributed by atoms with van der Waals surface area (Å²) in [5.74, 6) is 1.98. The highest BCUT2D eigenvalue weighted by Gasteiger charge is 2.32. The lowest BCUT2D eigenvalue weighted by Crippen LogP contribution is -2.48. The summed E-state index contributed by atoms with van der Waals surface area (Å²) < 4.78 is 28.7. The molecule has 1 aromatic heterocycles. The first-order chi connectivity index (χ1) is 10.1. The largest absolute Gasteiger partial charge is 0.396 e. The Morgan fingerprint density at radius 2 is 2.19 bits per heavy atom. The Kier molecular flexibility index (Phi) is 4.28. The molecule has 1 unspecified atom stereocenters. The van der Waals surface area contributed by atoms with Crippen molar-refractivity contribution in [3.8, 4) is 0 Å². The van der Waals surface area contributed by atoms with E-state index in [0.29, 0.717) is 37.1 Å². The average molecular weight is 315 g/mol. The second kappa shape index (κ2) is 6.02. The third-order valence-electron chi connectivity index (χ3n) is 4.40. The Labute approximate surface area is 124 Å². The second-order valence-electron chi connectivity index (χ2n) is 5.93. The van der Waals surface area contributed by atoms with E-state index in [-0.39, 0.29) is 24.2 Å². The molecule has 21 heavy (non-hydrogen) atoms. The number of hydrogen-bond acceptors (Lipinski definition) is 7. The van der Waals surface area contributed by atoms with Crippen LogP contribution in [0, 0.1) is 0 Å². The van der Waals surface area contributed by atoms with E-state index in [9.17, 15) is 8.42 Å². The number of aromatic nitrogens is 2.